The van der Waals surface area contributed by atoms with Gasteiger partial charge in [-0.3, -0.25) is 0 Å². The van der Waals surface area contributed by atoms with Gasteiger partial charge in [0.2, 0.25) is 0 Å². The first-order valence-electron chi connectivity index (χ1n) is 5.25. The lowest BCUT2D eigenvalue weighted by molar-refractivity contribution is 0.984. The zero-order valence-corrected chi connectivity index (χ0v) is 9.21. The summed E-state index contributed by atoms with van der Waals surface area (Å²) in [7, 11) is 0. The van der Waals surface area contributed by atoms with Gasteiger partial charge in [-0.15, -0.1) is 0 Å². The normalized spacial score (nSPS) is 10.9. The van der Waals surface area contributed by atoms with Crippen LogP contribution in [0.15, 0.2) is 41.3 Å². The summed E-state index contributed by atoms with van der Waals surface area (Å²) in [5.74, 6) is 0.640. The number of hydrogen-bond donors (Lipinski definition) is 1. The van der Waals surface area contributed by atoms with Gasteiger partial charge in [-0.2, -0.15) is 0 Å². The van der Waals surface area contributed by atoms with Gasteiger partial charge in [0.1, 0.15) is 11.3 Å². The topological polar surface area (TPSA) is 63.6 Å². The molecule has 5 heteroatoms. The van der Waals surface area contributed by atoms with Crippen molar-refractivity contribution in [2.45, 2.75) is 6.92 Å². The molecule has 0 fully saturated rings. The van der Waals surface area contributed by atoms with Crippen LogP contribution in [0.2, 0.25) is 0 Å². The van der Waals surface area contributed by atoms with E-state index < -0.39 is 0 Å². The third-order valence-electron chi connectivity index (χ3n) is 2.56. The van der Waals surface area contributed by atoms with Gasteiger partial charge in [0.05, 0.1) is 11.9 Å². The third-order valence-corrected chi connectivity index (χ3v) is 2.56. The summed E-state index contributed by atoms with van der Waals surface area (Å²) in [4.78, 5) is 23.0. The van der Waals surface area contributed by atoms with Crippen molar-refractivity contribution in [3.05, 3.63) is 52.8 Å². The van der Waals surface area contributed by atoms with Crippen molar-refractivity contribution in [1.29, 1.82) is 0 Å². The summed E-state index contributed by atoms with van der Waals surface area (Å²) in [6, 6.07) is 9.41. The fraction of sp³-hybridized carbons (Fsp3) is 0.0833. The minimum atomic E-state index is -0.203. The molecule has 17 heavy (non-hydrogen) atoms. The van der Waals surface area contributed by atoms with Crippen molar-refractivity contribution in [1.82, 2.24) is 19.5 Å². The quantitative estimate of drug-likeness (QED) is 0.682. The largest absolute Gasteiger partial charge is 0.332 e. The third kappa shape index (κ3) is 1.52. The van der Waals surface area contributed by atoms with Gasteiger partial charge in [0.15, 0.2) is 5.65 Å². The Morgan fingerprint density at radius 3 is 2.76 bits per heavy atom. The smallest absolute Gasteiger partial charge is 0.303 e. The summed E-state index contributed by atoms with van der Waals surface area (Å²) >= 11 is 0. The Hall–Kier alpha value is -2.43. The monoisotopic (exact) mass is 226 g/mol. The van der Waals surface area contributed by atoms with Crippen LogP contribution in [-0.2, 0) is 0 Å². The predicted octanol–water partition coefficient (Wildman–Crippen LogP) is 1.42. The van der Waals surface area contributed by atoms with Crippen LogP contribution in [-0.4, -0.2) is 19.5 Å². The fourth-order valence-electron chi connectivity index (χ4n) is 1.80. The van der Waals surface area contributed by atoms with E-state index in [2.05, 4.69) is 15.0 Å². The van der Waals surface area contributed by atoms with E-state index in [0.29, 0.717) is 17.0 Å². The minimum absolute atomic E-state index is 0.203. The Kier molecular flexibility index (Phi) is 2.04. The van der Waals surface area contributed by atoms with Gasteiger partial charge in [-0.05, 0) is 19.1 Å². The molecule has 0 atom stereocenters. The summed E-state index contributed by atoms with van der Waals surface area (Å²) in [6.45, 7) is 1.80. The van der Waals surface area contributed by atoms with Crippen LogP contribution in [0.5, 0.6) is 0 Å². The van der Waals surface area contributed by atoms with Crippen LogP contribution in [0, 0.1) is 6.92 Å². The Labute approximate surface area is 96.8 Å². The van der Waals surface area contributed by atoms with E-state index in [1.165, 1.54) is 0 Å². The number of nitrogens with zero attached hydrogens (tertiary/aromatic N) is 3. The van der Waals surface area contributed by atoms with Crippen molar-refractivity contribution in [3.8, 4) is 5.69 Å². The molecule has 0 aliphatic heterocycles. The number of aryl methyl sites for hydroxylation is 1. The van der Waals surface area contributed by atoms with Crippen LogP contribution < -0.4 is 5.69 Å². The SMILES string of the molecule is Cc1ncc2[nH]c(=O)n(-c3ccccc3)c2n1. The first kappa shape index (κ1) is 9.77. The lowest BCUT2D eigenvalue weighted by Gasteiger charge is -2.01. The molecule has 0 unspecified atom stereocenters. The molecule has 2 aromatic heterocycles. The Morgan fingerprint density at radius 1 is 1.24 bits per heavy atom. The number of para-hydroxylation sites is 1. The average Bonchev–Trinajstić information content (AvgIpc) is 2.65. The average molecular weight is 226 g/mol. The van der Waals surface area contributed by atoms with Crippen molar-refractivity contribution < 1.29 is 0 Å². The number of aromatic nitrogens is 4. The predicted molar refractivity (Wildman–Crippen MR) is 64.2 cm³/mol. The van der Waals surface area contributed by atoms with E-state index in [1.54, 1.807) is 17.7 Å². The maximum absolute atomic E-state index is 11.9. The van der Waals surface area contributed by atoms with E-state index in [9.17, 15) is 4.79 Å². The highest BCUT2D eigenvalue weighted by molar-refractivity contribution is 5.71. The van der Waals surface area contributed by atoms with Gasteiger partial charge in [0, 0.05) is 0 Å². The van der Waals surface area contributed by atoms with Crippen molar-refractivity contribution in [3.63, 3.8) is 0 Å². The number of H-pyrrole nitrogens is 1. The molecule has 0 amide bonds. The molecule has 0 spiro atoms. The van der Waals surface area contributed by atoms with Gasteiger partial charge in [0.25, 0.3) is 0 Å². The van der Waals surface area contributed by atoms with Crippen molar-refractivity contribution >= 4 is 11.2 Å². The second kappa shape index (κ2) is 3.55. The highest BCUT2D eigenvalue weighted by atomic mass is 16.1. The molecule has 0 saturated carbocycles. The van der Waals surface area contributed by atoms with E-state index in [0.717, 1.165) is 5.69 Å². The molecule has 84 valence electrons. The lowest BCUT2D eigenvalue weighted by Crippen LogP contribution is -2.14. The molecule has 3 aromatic rings. The Bertz CT molecular complexity index is 727. The van der Waals surface area contributed by atoms with Gasteiger partial charge in [-0.25, -0.2) is 19.3 Å². The second-order valence-corrected chi connectivity index (χ2v) is 3.76. The van der Waals surface area contributed by atoms with Gasteiger partial charge in [-0.1, -0.05) is 18.2 Å². The maximum atomic E-state index is 11.9. The van der Waals surface area contributed by atoms with E-state index in [-0.39, 0.29) is 5.69 Å². The van der Waals surface area contributed by atoms with Crippen LogP contribution in [0.1, 0.15) is 5.82 Å². The first-order chi connectivity index (χ1) is 8.25. The molecular formula is C12H10N4O. The summed E-state index contributed by atoms with van der Waals surface area (Å²) < 4.78 is 1.55. The van der Waals surface area contributed by atoms with Gasteiger partial charge >= 0.3 is 5.69 Å². The van der Waals surface area contributed by atoms with Crippen LogP contribution in [0.3, 0.4) is 0 Å². The molecule has 1 N–H and O–H groups in total. The standard InChI is InChI=1S/C12H10N4O/c1-8-13-7-10-11(14-8)16(12(17)15-10)9-5-3-2-4-6-9/h2-7H,1H3,(H,15,17). The molecule has 0 aliphatic rings. The van der Waals surface area contributed by atoms with Crippen LogP contribution in [0.4, 0.5) is 0 Å². The van der Waals surface area contributed by atoms with E-state index in [4.69, 9.17) is 0 Å². The summed E-state index contributed by atoms with van der Waals surface area (Å²) in [5.41, 5.74) is 1.84. The Balaban J connectivity index is 2.40. The molecule has 0 saturated heterocycles. The highest BCUT2D eigenvalue weighted by Crippen LogP contribution is 2.12. The molecule has 2 heterocycles. The first-order valence-corrected chi connectivity index (χ1v) is 5.25. The molecule has 5 nitrogen and oxygen atoms in total. The lowest BCUT2D eigenvalue weighted by atomic mass is 10.3. The zero-order valence-electron chi connectivity index (χ0n) is 9.21. The summed E-state index contributed by atoms with van der Waals surface area (Å²) in [6.07, 6.45) is 1.62. The van der Waals surface area contributed by atoms with E-state index in [1.807, 2.05) is 30.3 Å². The zero-order chi connectivity index (χ0) is 11.8. The molecule has 0 aliphatic carbocycles. The molecule has 1 aromatic carbocycles. The number of nitrogens with one attached hydrogen (secondary N) is 1. The molecule has 0 bridgehead atoms. The number of rotatable bonds is 1. The number of benzene rings is 1. The molecule has 3 rings (SSSR count). The fourth-order valence-corrected chi connectivity index (χ4v) is 1.80. The maximum Gasteiger partial charge on any atom is 0.332 e. The summed E-state index contributed by atoms with van der Waals surface area (Å²) in [5, 5.41) is 0. The van der Waals surface area contributed by atoms with E-state index >= 15 is 0 Å². The number of fused-ring (bicyclic) bond motifs is 1. The minimum Gasteiger partial charge on any atom is -0.303 e. The van der Waals surface area contributed by atoms with Crippen LogP contribution in [0.25, 0.3) is 16.9 Å². The second-order valence-electron chi connectivity index (χ2n) is 3.76. The number of aromatic amines is 1. The van der Waals surface area contributed by atoms with Gasteiger partial charge < -0.3 is 4.98 Å². The van der Waals surface area contributed by atoms with Crippen molar-refractivity contribution in [2.24, 2.45) is 0 Å². The highest BCUT2D eigenvalue weighted by Gasteiger charge is 2.09. The van der Waals surface area contributed by atoms with Crippen LogP contribution >= 0.6 is 0 Å². The number of imidazole rings is 1. The number of hydrogen-bond acceptors (Lipinski definition) is 3. The Morgan fingerprint density at radius 2 is 2.00 bits per heavy atom. The van der Waals surface area contributed by atoms with Crippen molar-refractivity contribution in [2.75, 3.05) is 0 Å². The molecular weight excluding hydrogens is 216 g/mol. The molecule has 0 radical (unpaired) electrons.